The largest absolute Gasteiger partial charge is 0.497 e. The topological polar surface area (TPSA) is 61.8 Å². The van der Waals surface area contributed by atoms with E-state index in [9.17, 15) is 9.59 Å². The van der Waals surface area contributed by atoms with Crippen molar-refractivity contribution in [1.29, 1.82) is 0 Å². The first-order chi connectivity index (χ1) is 21.7. The molecule has 5 aliphatic carbocycles. The summed E-state index contributed by atoms with van der Waals surface area (Å²) >= 11 is 0. The predicted octanol–water partition coefficient (Wildman–Crippen LogP) is 9.45. The highest BCUT2D eigenvalue weighted by Gasteiger charge is 2.69. The molecule has 0 N–H and O–H groups in total. The minimum Gasteiger partial charge on any atom is -0.497 e. The summed E-state index contributed by atoms with van der Waals surface area (Å²) in [4.78, 5) is 26.7. The Balaban J connectivity index is 1.26. The third-order valence-electron chi connectivity index (χ3n) is 15.3. The van der Waals surface area contributed by atoms with Crippen LogP contribution in [0.4, 0.5) is 0 Å². The summed E-state index contributed by atoms with van der Waals surface area (Å²) < 4.78 is 17.1. The van der Waals surface area contributed by atoms with Crippen molar-refractivity contribution in [2.45, 2.75) is 112 Å². The summed E-state index contributed by atoms with van der Waals surface area (Å²) in [5.74, 6) is 2.93. The van der Waals surface area contributed by atoms with Crippen LogP contribution >= 0.6 is 0 Å². The van der Waals surface area contributed by atoms with Gasteiger partial charge in [0.25, 0.3) is 0 Å². The molecule has 4 fully saturated rings. The number of hydrogen-bond acceptors (Lipinski definition) is 5. The molecule has 0 aliphatic heterocycles. The molecular weight excluding hydrogens is 572 g/mol. The van der Waals surface area contributed by atoms with Crippen molar-refractivity contribution in [1.82, 2.24) is 0 Å². The van der Waals surface area contributed by atoms with Crippen LogP contribution in [0.5, 0.6) is 5.75 Å². The molecule has 5 heteroatoms. The van der Waals surface area contributed by atoms with Crippen LogP contribution < -0.4 is 4.74 Å². The molecule has 0 bridgehead atoms. The molecule has 0 amide bonds. The maximum Gasteiger partial charge on any atom is 0.331 e. The molecule has 0 radical (unpaired) electrons. The number of ether oxygens (including phenoxy) is 3. The molecule has 1 aromatic carbocycles. The Morgan fingerprint density at radius 1 is 0.848 bits per heavy atom. The summed E-state index contributed by atoms with van der Waals surface area (Å²) in [5, 5.41) is 0. The molecule has 0 aromatic heterocycles. The minimum absolute atomic E-state index is 0.0237. The Labute approximate surface area is 277 Å². The van der Waals surface area contributed by atoms with Crippen molar-refractivity contribution in [2.75, 3.05) is 14.2 Å². The van der Waals surface area contributed by atoms with Gasteiger partial charge in [0.15, 0.2) is 0 Å². The van der Waals surface area contributed by atoms with Crippen molar-refractivity contribution in [2.24, 2.45) is 56.7 Å². The number of allylic oxidation sites excluding steroid dienone is 2. The highest BCUT2D eigenvalue weighted by molar-refractivity contribution is 5.87. The average molecular weight is 631 g/mol. The van der Waals surface area contributed by atoms with E-state index in [2.05, 4.69) is 54.5 Å². The number of fused-ring (bicyclic) bond motifs is 7. The van der Waals surface area contributed by atoms with E-state index >= 15 is 0 Å². The van der Waals surface area contributed by atoms with E-state index in [1.165, 1.54) is 6.42 Å². The van der Waals surface area contributed by atoms with Crippen molar-refractivity contribution >= 4 is 18.0 Å². The van der Waals surface area contributed by atoms with E-state index in [1.807, 2.05) is 30.3 Å². The maximum absolute atomic E-state index is 13.6. The molecule has 10 atom stereocenters. The van der Waals surface area contributed by atoms with Gasteiger partial charge in [-0.05, 0) is 127 Å². The zero-order chi connectivity index (χ0) is 33.3. The third-order valence-corrected chi connectivity index (χ3v) is 15.3. The fraction of sp³-hybridized carbons (Fsp3) is 0.707. The number of rotatable bonds is 5. The van der Waals surface area contributed by atoms with Crippen molar-refractivity contribution in [3.63, 3.8) is 0 Å². The molecule has 4 saturated carbocycles. The summed E-state index contributed by atoms with van der Waals surface area (Å²) in [6.45, 7) is 17.2. The van der Waals surface area contributed by atoms with Crippen LogP contribution in [0.2, 0.25) is 0 Å². The quantitative estimate of drug-likeness (QED) is 0.184. The smallest absolute Gasteiger partial charge is 0.331 e. The van der Waals surface area contributed by atoms with Gasteiger partial charge in [-0.1, -0.05) is 72.2 Å². The van der Waals surface area contributed by atoms with Crippen LogP contribution in [0.15, 0.2) is 42.0 Å². The minimum atomic E-state index is -0.373. The predicted molar refractivity (Wildman–Crippen MR) is 183 cm³/mol. The molecule has 0 unspecified atom stereocenters. The average Bonchev–Trinajstić information content (AvgIpc) is 3.03. The van der Waals surface area contributed by atoms with Crippen LogP contribution in [0, 0.1) is 56.7 Å². The maximum atomic E-state index is 13.6. The first-order valence-electron chi connectivity index (χ1n) is 18.0. The summed E-state index contributed by atoms with van der Waals surface area (Å²) in [6, 6.07) is 7.68. The van der Waals surface area contributed by atoms with Crippen LogP contribution in [0.25, 0.3) is 6.08 Å². The van der Waals surface area contributed by atoms with Gasteiger partial charge in [0.1, 0.15) is 11.9 Å². The van der Waals surface area contributed by atoms with Crippen LogP contribution in [0.1, 0.15) is 112 Å². The third kappa shape index (κ3) is 4.75. The van der Waals surface area contributed by atoms with E-state index in [0.717, 1.165) is 62.7 Å². The summed E-state index contributed by atoms with van der Waals surface area (Å²) in [6.07, 6.45) is 15.3. The van der Waals surface area contributed by atoms with Crippen molar-refractivity contribution in [3.05, 3.63) is 47.6 Å². The SMILES string of the molecule is COC(=O)[C@]12CC[C@@H](C)[C@H](C)[C@H]1C1=CC[C@@H]3[C@@]4(C)CC[C@H](OC(=O)/C=C/c5ccc(OC)cc5)C(C)(C)[C@@H]4CC[C@@]3(C)[C@]1(C)CC2. The zero-order valence-electron chi connectivity index (χ0n) is 29.9. The van der Waals surface area contributed by atoms with E-state index in [1.54, 1.807) is 25.9 Å². The van der Waals surface area contributed by atoms with Crippen LogP contribution in [-0.2, 0) is 19.1 Å². The molecule has 46 heavy (non-hydrogen) atoms. The van der Waals surface area contributed by atoms with E-state index in [-0.39, 0.29) is 51.0 Å². The lowest BCUT2D eigenvalue weighted by molar-refractivity contribution is -0.213. The van der Waals surface area contributed by atoms with Crippen LogP contribution in [0.3, 0.4) is 0 Å². The van der Waals surface area contributed by atoms with E-state index in [0.29, 0.717) is 23.7 Å². The van der Waals surface area contributed by atoms with Crippen molar-refractivity contribution < 1.29 is 23.8 Å². The lowest BCUT2D eigenvalue weighted by Gasteiger charge is -2.71. The highest BCUT2D eigenvalue weighted by atomic mass is 16.5. The number of hydrogen-bond donors (Lipinski definition) is 0. The molecular formula is C41H58O5. The number of carbonyl (C=O) groups is 2. The van der Waals surface area contributed by atoms with Gasteiger partial charge >= 0.3 is 11.9 Å². The standard InChI is InChI=1S/C41H58O5/c1-26-18-23-41(36(43)45-9)25-24-39(6)30(35(41)27(26)2)15-16-32-38(5)21-20-33(37(3,4)31(38)19-22-40(32,39)7)46-34(42)17-12-28-10-13-29(44-8)14-11-28/h10-15,17,26-27,31-33,35H,16,18-25H2,1-9H3/b17-12+/t26-,27+,31+,32-,33+,35+,38+,39-,40-,41+/m1/s1. The fourth-order valence-corrected chi connectivity index (χ4v) is 12.3. The second kappa shape index (κ2) is 11.5. The number of esters is 2. The van der Waals surface area contributed by atoms with Crippen molar-refractivity contribution in [3.8, 4) is 5.75 Å². The lowest BCUT2D eigenvalue weighted by Crippen LogP contribution is -2.65. The Morgan fingerprint density at radius 3 is 2.24 bits per heavy atom. The van der Waals surface area contributed by atoms with Gasteiger partial charge in [-0.15, -0.1) is 0 Å². The number of methoxy groups -OCH3 is 2. The molecule has 0 heterocycles. The van der Waals surface area contributed by atoms with Gasteiger partial charge in [-0.2, -0.15) is 0 Å². The van der Waals surface area contributed by atoms with Gasteiger partial charge < -0.3 is 14.2 Å². The molecule has 252 valence electrons. The van der Waals surface area contributed by atoms with Gasteiger partial charge in [0, 0.05) is 11.5 Å². The molecule has 5 aliphatic rings. The Bertz CT molecular complexity index is 1410. The van der Waals surface area contributed by atoms with Gasteiger partial charge in [0.2, 0.25) is 0 Å². The first-order valence-corrected chi connectivity index (χ1v) is 18.0. The van der Waals surface area contributed by atoms with Crippen LogP contribution in [-0.4, -0.2) is 32.3 Å². The molecule has 0 spiro atoms. The highest BCUT2D eigenvalue weighted by Crippen LogP contribution is 2.76. The first kappa shape index (κ1) is 33.3. The van der Waals surface area contributed by atoms with Gasteiger partial charge in [-0.25, -0.2) is 4.79 Å². The zero-order valence-corrected chi connectivity index (χ0v) is 29.9. The molecule has 5 nitrogen and oxygen atoms in total. The monoisotopic (exact) mass is 630 g/mol. The lowest BCUT2D eigenvalue weighted by atomic mass is 9.33. The fourth-order valence-electron chi connectivity index (χ4n) is 12.3. The van der Waals surface area contributed by atoms with Gasteiger partial charge in [-0.3, -0.25) is 4.79 Å². The van der Waals surface area contributed by atoms with E-state index < -0.39 is 0 Å². The normalized spacial score (nSPS) is 42.8. The molecule has 6 rings (SSSR count). The summed E-state index contributed by atoms with van der Waals surface area (Å²) in [7, 11) is 3.24. The molecule has 1 aromatic rings. The van der Waals surface area contributed by atoms with Gasteiger partial charge in [0.05, 0.1) is 19.6 Å². The Kier molecular flexibility index (Phi) is 8.37. The second-order valence-electron chi connectivity index (χ2n) is 17.2. The Hall–Kier alpha value is -2.56. The van der Waals surface area contributed by atoms with E-state index in [4.69, 9.17) is 14.2 Å². The number of carbonyl (C=O) groups excluding carboxylic acids is 2. The summed E-state index contributed by atoms with van der Waals surface area (Å²) in [5.41, 5.74) is 2.41. The Morgan fingerprint density at radius 2 is 1.57 bits per heavy atom. The molecule has 0 saturated heterocycles. The number of benzene rings is 1. The second-order valence-corrected chi connectivity index (χ2v) is 17.2.